The van der Waals surface area contributed by atoms with E-state index < -0.39 is 30.0 Å². The molecule has 1 aromatic heterocycles. The van der Waals surface area contributed by atoms with Gasteiger partial charge >= 0.3 is 12.1 Å². The Hall–Kier alpha value is -2.77. The van der Waals surface area contributed by atoms with E-state index in [4.69, 9.17) is 9.52 Å². The van der Waals surface area contributed by atoms with Gasteiger partial charge in [0, 0.05) is 12.1 Å². The van der Waals surface area contributed by atoms with Gasteiger partial charge in [-0.1, -0.05) is 12.1 Å². The molecule has 1 aromatic carbocycles. The number of halogens is 3. The Balaban J connectivity index is 2.06. The van der Waals surface area contributed by atoms with Crippen LogP contribution in [0.1, 0.15) is 32.8 Å². The maximum Gasteiger partial charge on any atom is 0.416 e. The molecule has 0 aliphatic heterocycles. The molecule has 8 heteroatoms. The van der Waals surface area contributed by atoms with Crippen molar-refractivity contribution in [2.45, 2.75) is 26.1 Å². The number of amides is 1. The van der Waals surface area contributed by atoms with Crippen molar-refractivity contribution in [2.24, 2.45) is 0 Å². The van der Waals surface area contributed by atoms with Gasteiger partial charge in [0.1, 0.15) is 12.2 Å². The Kier molecular flexibility index (Phi) is 4.96. The first kappa shape index (κ1) is 17.6. The van der Waals surface area contributed by atoms with E-state index in [0.717, 1.165) is 12.1 Å². The summed E-state index contributed by atoms with van der Waals surface area (Å²) in [6.07, 6.45) is -3.57. The Bertz CT molecular complexity index is 748. The van der Waals surface area contributed by atoms with Crippen molar-refractivity contribution < 1.29 is 32.3 Å². The van der Waals surface area contributed by atoms with Crippen LogP contribution in [0.15, 0.2) is 34.9 Å². The molecule has 0 saturated carbocycles. The van der Waals surface area contributed by atoms with Crippen LogP contribution in [0.3, 0.4) is 0 Å². The average molecular weight is 341 g/mol. The first-order valence-corrected chi connectivity index (χ1v) is 6.91. The minimum absolute atomic E-state index is 0.00804. The van der Waals surface area contributed by atoms with E-state index in [9.17, 15) is 22.8 Å². The predicted molar refractivity (Wildman–Crippen MR) is 77.4 cm³/mol. The predicted octanol–water partition coefficient (Wildman–Crippen LogP) is 3.16. The van der Waals surface area contributed by atoms with E-state index in [0.29, 0.717) is 11.1 Å². The number of aryl methyl sites for hydroxylation is 1. The molecule has 0 saturated heterocycles. The summed E-state index contributed by atoms with van der Waals surface area (Å²) in [6, 6.07) is 4.40. The number of carboxylic acids is 1. The zero-order valence-electron chi connectivity index (χ0n) is 12.6. The average Bonchev–Trinajstić information content (AvgIpc) is 2.84. The van der Waals surface area contributed by atoms with Crippen LogP contribution < -0.4 is 5.32 Å². The van der Waals surface area contributed by atoms with Crippen LogP contribution >= 0.6 is 0 Å². The lowest BCUT2D eigenvalue weighted by Gasteiger charge is -2.09. The van der Waals surface area contributed by atoms with E-state index in [-0.39, 0.29) is 17.9 Å². The second-order valence-electron chi connectivity index (χ2n) is 5.16. The monoisotopic (exact) mass is 341 g/mol. The largest absolute Gasteiger partial charge is 0.481 e. The van der Waals surface area contributed by atoms with Crippen LogP contribution in [0.25, 0.3) is 0 Å². The minimum atomic E-state index is -4.42. The summed E-state index contributed by atoms with van der Waals surface area (Å²) in [5.41, 5.74) is 0.324. The van der Waals surface area contributed by atoms with Crippen LogP contribution in [-0.4, -0.2) is 17.0 Å². The Morgan fingerprint density at radius 2 is 1.83 bits per heavy atom. The topological polar surface area (TPSA) is 79.5 Å². The molecule has 24 heavy (non-hydrogen) atoms. The fourth-order valence-corrected chi connectivity index (χ4v) is 2.15. The van der Waals surface area contributed by atoms with Gasteiger partial charge in [-0.15, -0.1) is 0 Å². The summed E-state index contributed by atoms with van der Waals surface area (Å²) >= 11 is 0. The zero-order chi connectivity index (χ0) is 17.9. The van der Waals surface area contributed by atoms with Crippen molar-refractivity contribution >= 4 is 11.9 Å². The van der Waals surface area contributed by atoms with E-state index in [1.165, 1.54) is 18.4 Å². The third-order valence-electron chi connectivity index (χ3n) is 3.32. The van der Waals surface area contributed by atoms with Gasteiger partial charge in [-0.25, -0.2) is 0 Å². The molecule has 0 aliphatic rings. The third-order valence-corrected chi connectivity index (χ3v) is 3.32. The summed E-state index contributed by atoms with van der Waals surface area (Å²) in [7, 11) is 0. The number of benzene rings is 1. The molecule has 0 aliphatic carbocycles. The van der Waals surface area contributed by atoms with Gasteiger partial charge in [0.25, 0.3) is 5.91 Å². The molecule has 5 nitrogen and oxygen atoms in total. The number of hydrogen-bond donors (Lipinski definition) is 2. The Labute approximate surface area is 135 Å². The fraction of sp³-hybridized carbons (Fsp3) is 0.250. The highest BCUT2D eigenvalue weighted by Gasteiger charge is 2.30. The molecular weight excluding hydrogens is 327 g/mol. The summed E-state index contributed by atoms with van der Waals surface area (Å²) in [5, 5.41) is 11.3. The van der Waals surface area contributed by atoms with Crippen LogP contribution in [-0.2, 0) is 23.9 Å². The molecule has 2 rings (SSSR count). The van der Waals surface area contributed by atoms with Gasteiger partial charge in [0.2, 0.25) is 0 Å². The van der Waals surface area contributed by atoms with Gasteiger partial charge in [0.05, 0.1) is 17.4 Å². The standard InChI is InChI=1S/C16H14F3NO4/c1-9-8-24-12(6-13(21)22)14(9)15(23)20-7-10-2-4-11(5-3-10)16(17,18)19/h2-5,8H,6-7H2,1H3,(H,20,23)(H,21,22). The third kappa shape index (κ3) is 4.15. The number of carbonyl (C=O) groups is 2. The summed E-state index contributed by atoms with van der Waals surface area (Å²) < 4.78 is 42.5. The van der Waals surface area contributed by atoms with Gasteiger partial charge in [-0.2, -0.15) is 13.2 Å². The number of nitrogens with one attached hydrogen (secondary N) is 1. The second-order valence-corrected chi connectivity index (χ2v) is 5.16. The fourth-order valence-electron chi connectivity index (χ4n) is 2.15. The lowest BCUT2D eigenvalue weighted by atomic mass is 10.1. The van der Waals surface area contributed by atoms with Crippen molar-refractivity contribution in [3.63, 3.8) is 0 Å². The van der Waals surface area contributed by atoms with Crippen LogP contribution in [0.5, 0.6) is 0 Å². The van der Waals surface area contributed by atoms with E-state index in [1.807, 2.05) is 0 Å². The van der Waals surface area contributed by atoms with Gasteiger partial charge < -0.3 is 14.8 Å². The number of alkyl halides is 3. The van der Waals surface area contributed by atoms with Gasteiger partial charge in [-0.3, -0.25) is 9.59 Å². The number of carbonyl (C=O) groups excluding carboxylic acids is 1. The molecular formula is C16H14F3NO4. The summed E-state index contributed by atoms with van der Waals surface area (Å²) in [5.74, 6) is -1.65. The molecule has 0 spiro atoms. The van der Waals surface area contributed by atoms with Crippen LogP contribution in [0, 0.1) is 6.92 Å². The van der Waals surface area contributed by atoms with Crippen molar-refractivity contribution in [3.05, 3.63) is 58.5 Å². The Morgan fingerprint density at radius 3 is 2.38 bits per heavy atom. The zero-order valence-corrected chi connectivity index (χ0v) is 12.6. The van der Waals surface area contributed by atoms with Gasteiger partial charge in [0.15, 0.2) is 0 Å². The number of carboxylic acid groups (broad SMARTS) is 1. The molecule has 0 unspecified atom stereocenters. The summed E-state index contributed by atoms with van der Waals surface area (Å²) in [4.78, 5) is 22.9. The second kappa shape index (κ2) is 6.77. The van der Waals surface area contributed by atoms with Crippen molar-refractivity contribution in [3.8, 4) is 0 Å². The molecule has 0 bridgehead atoms. The van der Waals surface area contributed by atoms with E-state index >= 15 is 0 Å². The Morgan fingerprint density at radius 1 is 1.21 bits per heavy atom. The van der Waals surface area contributed by atoms with Crippen LogP contribution in [0.2, 0.25) is 0 Å². The molecule has 1 amide bonds. The maximum absolute atomic E-state index is 12.5. The molecule has 0 fully saturated rings. The van der Waals surface area contributed by atoms with Crippen molar-refractivity contribution in [2.75, 3.05) is 0 Å². The lowest BCUT2D eigenvalue weighted by molar-refractivity contribution is -0.138. The number of aliphatic carboxylic acids is 1. The van der Waals surface area contributed by atoms with E-state index in [2.05, 4.69) is 5.32 Å². The highest BCUT2D eigenvalue weighted by molar-refractivity contribution is 5.97. The normalized spacial score (nSPS) is 11.3. The summed E-state index contributed by atoms with van der Waals surface area (Å²) in [6.45, 7) is 1.61. The molecule has 128 valence electrons. The smallest absolute Gasteiger partial charge is 0.416 e. The number of hydrogen-bond acceptors (Lipinski definition) is 3. The highest BCUT2D eigenvalue weighted by atomic mass is 19.4. The lowest BCUT2D eigenvalue weighted by Crippen LogP contribution is -2.24. The number of furan rings is 1. The van der Waals surface area contributed by atoms with Crippen LogP contribution in [0.4, 0.5) is 13.2 Å². The first-order chi connectivity index (χ1) is 11.2. The van der Waals surface area contributed by atoms with Crippen molar-refractivity contribution in [1.82, 2.24) is 5.32 Å². The van der Waals surface area contributed by atoms with Gasteiger partial charge in [-0.05, 0) is 24.6 Å². The quantitative estimate of drug-likeness (QED) is 0.875. The molecule has 0 atom stereocenters. The highest BCUT2D eigenvalue weighted by Crippen LogP contribution is 2.29. The van der Waals surface area contributed by atoms with Crippen molar-refractivity contribution in [1.29, 1.82) is 0 Å². The molecule has 2 aromatic rings. The maximum atomic E-state index is 12.5. The molecule has 2 N–H and O–H groups in total. The van der Waals surface area contributed by atoms with E-state index in [1.54, 1.807) is 6.92 Å². The minimum Gasteiger partial charge on any atom is -0.481 e. The SMILES string of the molecule is Cc1coc(CC(=O)O)c1C(=O)NCc1ccc(C(F)(F)F)cc1. The molecule has 0 radical (unpaired) electrons. The first-order valence-electron chi connectivity index (χ1n) is 6.91. The molecule has 1 heterocycles. The number of rotatable bonds is 5.